The second kappa shape index (κ2) is 2.87. The third-order valence-corrected chi connectivity index (χ3v) is 1.93. The molecule has 0 fully saturated rings. The van der Waals surface area contributed by atoms with E-state index in [0.717, 1.165) is 6.42 Å². The zero-order valence-corrected chi connectivity index (χ0v) is 6.94. The quantitative estimate of drug-likeness (QED) is 0.477. The van der Waals surface area contributed by atoms with Gasteiger partial charge in [-0.05, 0) is 32.8 Å². The Morgan fingerprint density at radius 1 is 1.00 bits per heavy atom. The second-order valence-corrected chi connectivity index (χ2v) is 2.90. The largest absolute Gasteiger partial charge is 0.0778 e. The van der Waals surface area contributed by atoms with E-state index in [1.807, 2.05) is 0 Å². The van der Waals surface area contributed by atoms with Crippen LogP contribution < -0.4 is 0 Å². The molecule has 0 saturated heterocycles. The molecule has 54 valence electrons. The molecular formula is C10H14. The molecule has 0 heterocycles. The predicted molar refractivity (Wildman–Crippen MR) is 45.9 cm³/mol. The lowest BCUT2D eigenvalue weighted by atomic mass is 10.1. The Hall–Kier alpha value is -0.780. The average Bonchev–Trinajstić information content (AvgIpc) is 1.96. The molecule has 0 radical (unpaired) electrons. The van der Waals surface area contributed by atoms with Crippen molar-refractivity contribution < 1.29 is 0 Å². The maximum absolute atomic E-state index is 2.27. The van der Waals surface area contributed by atoms with Gasteiger partial charge in [-0.25, -0.2) is 0 Å². The van der Waals surface area contributed by atoms with Gasteiger partial charge in [-0.15, -0.1) is 0 Å². The van der Waals surface area contributed by atoms with Crippen LogP contribution in [0.1, 0.15) is 27.2 Å². The Balaban J connectivity index is 2.92. The number of allylic oxidation sites excluding steroid dienone is 6. The second-order valence-electron chi connectivity index (χ2n) is 2.90. The maximum Gasteiger partial charge on any atom is -0.0158 e. The van der Waals surface area contributed by atoms with Crippen molar-refractivity contribution in [1.29, 1.82) is 0 Å². The van der Waals surface area contributed by atoms with Crippen LogP contribution in [-0.4, -0.2) is 0 Å². The number of hydrogen-bond acceptors (Lipinski definition) is 0. The van der Waals surface area contributed by atoms with Crippen molar-refractivity contribution in [1.82, 2.24) is 0 Å². The molecule has 1 rings (SSSR count). The van der Waals surface area contributed by atoms with Gasteiger partial charge in [-0.1, -0.05) is 29.4 Å². The Bertz CT molecular complexity index is 214. The fraction of sp³-hybridized carbons (Fsp3) is 0.400. The molecule has 0 aliphatic heterocycles. The van der Waals surface area contributed by atoms with Crippen molar-refractivity contribution in [3.8, 4) is 0 Å². The van der Waals surface area contributed by atoms with E-state index in [2.05, 4.69) is 39.0 Å². The molecule has 0 aromatic carbocycles. The van der Waals surface area contributed by atoms with Gasteiger partial charge in [0.1, 0.15) is 0 Å². The minimum Gasteiger partial charge on any atom is -0.0778 e. The molecule has 0 saturated carbocycles. The van der Waals surface area contributed by atoms with Crippen molar-refractivity contribution >= 4 is 0 Å². The van der Waals surface area contributed by atoms with Crippen molar-refractivity contribution in [3.05, 3.63) is 34.9 Å². The molecule has 0 bridgehead atoms. The van der Waals surface area contributed by atoms with Gasteiger partial charge < -0.3 is 0 Å². The Kier molecular flexibility index (Phi) is 2.10. The minimum atomic E-state index is 1.09. The Morgan fingerprint density at radius 2 is 1.70 bits per heavy atom. The van der Waals surface area contributed by atoms with Crippen molar-refractivity contribution in [2.24, 2.45) is 0 Å². The molecule has 0 aromatic rings. The fourth-order valence-corrected chi connectivity index (χ4v) is 1.10. The molecular weight excluding hydrogens is 120 g/mol. The molecule has 0 amide bonds. The van der Waals surface area contributed by atoms with Gasteiger partial charge in [-0.3, -0.25) is 0 Å². The van der Waals surface area contributed by atoms with E-state index in [9.17, 15) is 0 Å². The highest BCUT2D eigenvalue weighted by molar-refractivity contribution is 5.36. The Morgan fingerprint density at radius 3 is 2.40 bits per heavy atom. The van der Waals surface area contributed by atoms with Crippen molar-refractivity contribution in [2.45, 2.75) is 27.2 Å². The number of rotatable bonds is 0. The molecule has 1 aliphatic rings. The summed E-state index contributed by atoms with van der Waals surface area (Å²) >= 11 is 0. The van der Waals surface area contributed by atoms with Crippen molar-refractivity contribution in [2.75, 3.05) is 0 Å². The normalized spacial score (nSPS) is 18.9. The van der Waals surface area contributed by atoms with Crippen LogP contribution in [0.5, 0.6) is 0 Å². The Labute approximate surface area is 62.9 Å². The van der Waals surface area contributed by atoms with E-state index in [-0.39, 0.29) is 0 Å². The highest BCUT2D eigenvalue weighted by atomic mass is 14.0. The first-order chi connectivity index (χ1) is 4.70. The molecule has 0 atom stereocenters. The van der Waals surface area contributed by atoms with E-state index in [0.29, 0.717) is 0 Å². The zero-order chi connectivity index (χ0) is 7.56. The molecule has 1 aliphatic carbocycles. The van der Waals surface area contributed by atoms with Crippen LogP contribution in [0.15, 0.2) is 34.9 Å². The lowest BCUT2D eigenvalue weighted by Gasteiger charge is -1.96. The SMILES string of the molecule is CC1=CCC=C(C)C(C)=C1. The topological polar surface area (TPSA) is 0 Å². The predicted octanol–water partition coefficient (Wildman–Crippen LogP) is 3.23. The lowest BCUT2D eigenvalue weighted by Crippen LogP contribution is -1.76. The van der Waals surface area contributed by atoms with Gasteiger partial charge in [0, 0.05) is 0 Å². The molecule has 10 heavy (non-hydrogen) atoms. The van der Waals surface area contributed by atoms with Crippen LogP contribution in [-0.2, 0) is 0 Å². The zero-order valence-electron chi connectivity index (χ0n) is 6.94. The van der Waals surface area contributed by atoms with Crippen molar-refractivity contribution in [3.63, 3.8) is 0 Å². The van der Waals surface area contributed by atoms with Gasteiger partial charge >= 0.3 is 0 Å². The molecule has 0 unspecified atom stereocenters. The minimum absolute atomic E-state index is 1.09. The summed E-state index contributed by atoms with van der Waals surface area (Å²) in [6, 6.07) is 0. The monoisotopic (exact) mass is 134 g/mol. The van der Waals surface area contributed by atoms with Crippen LogP contribution in [0.3, 0.4) is 0 Å². The summed E-state index contributed by atoms with van der Waals surface area (Å²) in [7, 11) is 0. The highest BCUT2D eigenvalue weighted by Gasteiger charge is 1.95. The molecule has 0 spiro atoms. The molecule has 0 N–H and O–H groups in total. The highest BCUT2D eigenvalue weighted by Crippen LogP contribution is 2.16. The van der Waals surface area contributed by atoms with Crippen LogP contribution >= 0.6 is 0 Å². The third-order valence-electron chi connectivity index (χ3n) is 1.93. The fourth-order valence-electron chi connectivity index (χ4n) is 1.10. The maximum atomic E-state index is 2.27. The summed E-state index contributed by atoms with van der Waals surface area (Å²) in [4.78, 5) is 0. The van der Waals surface area contributed by atoms with Crippen LogP contribution in [0.4, 0.5) is 0 Å². The molecule has 0 aromatic heterocycles. The van der Waals surface area contributed by atoms with Gasteiger partial charge in [0.15, 0.2) is 0 Å². The lowest BCUT2D eigenvalue weighted by molar-refractivity contribution is 1.29. The summed E-state index contributed by atoms with van der Waals surface area (Å²) in [6.45, 7) is 6.47. The summed E-state index contributed by atoms with van der Waals surface area (Å²) < 4.78 is 0. The third kappa shape index (κ3) is 1.60. The first-order valence-electron chi connectivity index (χ1n) is 3.72. The summed E-state index contributed by atoms with van der Waals surface area (Å²) in [5.74, 6) is 0. The van der Waals surface area contributed by atoms with E-state index in [1.165, 1.54) is 16.7 Å². The smallest absolute Gasteiger partial charge is 0.0158 e. The summed E-state index contributed by atoms with van der Waals surface area (Å²) in [5.41, 5.74) is 4.19. The summed E-state index contributed by atoms with van der Waals surface area (Å²) in [6.07, 6.45) is 7.84. The first kappa shape index (κ1) is 7.33. The molecule has 0 heteroatoms. The van der Waals surface area contributed by atoms with E-state index < -0.39 is 0 Å². The standard InChI is InChI=1S/C10H14/c1-8-5-4-6-9(2)10(3)7-8/h5-7H,4H2,1-3H3. The van der Waals surface area contributed by atoms with Gasteiger partial charge in [-0.2, -0.15) is 0 Å². The van der Waals surface area contributed by atoms with Gasteiger partial charge in [0.25, 0.3) is 0 Å². The molecule has 0 nitrogen and oxygen atoms in total. The van der Waals surface area contributed by atoms with E-state index >= 15 is 0 Å². The van der Waals surface area contributed by atoms with Crippen LogP contribution in [0.2, 0.25) is 0 Å². The van der Waals surface area contributed by atoms with E-state index in [4.69, 9.17) is 0 Å². The van der Waals surface area contributed by atoms with Gasteiger partial charge in [0.2, 0.25) is 0 Å². The van der Waals surface area contributed by atoms with Crippen LogP contribution in [0, 0.1) is 0 Å². The summed E-state index contributed by atoms with van der Waals surface area (Å²) in [5, 5.41) is 0. The van der Waals surface area contributed by atoms with E-state index in [1.54, 1.807) is 0 Å². The first-order valence-corrected chi connectivity index (χ1v) is 3.72. The number of hydrogen-bond donors (Lipinski definition) is 0. The van der Waals surface area contributed by atoms with Crippen LogP contribution in [0.25, 0.3) is 0 Å². The average molecular weight is 134 g/mol. The van der Waals surface area contributed by atoms with Gasteiger partial charge in [0.05, 0.1) is 0 Å².